The van der Waals surface area contributed by atoms with Gasteiger partial charge in [-0.15, -0.1) is 0 Å². The maximum Gasteiger partial charge on any atom is 0.119 e. The van der Waals surface area contributed by atoms with E-state index in [2.05, 4.69) is 42.0 Å². The summed E-state index contributed by atoms with van der Waals surface area (Å²) in [7, 11) is 2.12. The molecule has 1 atom stereocenters. The highest BCUT2D eigenvalue weighted by atomic mass is 16.5. The third kappa shape index (κ3) is 6.70. The molecule has 2 aliphatic rings. The molecule has 1 saturated heterocycles. The van der Waals surface area contributed by atoms with Crippen molar-refractivity contribution in [3.05, 3.63) is 29.8 Å². The van der Waals surface area contributed by atoms with Gasteiger partial charge < -0.3 is 14.7 Å². The largest absolute Gasteiger partial charge is 0.491 e. The molecule has 1 aliphatic heterocycles. The van der Waals surface area contributed by atoms with Crippen molar-refractivity contribution >= 4 is 0 Å². The van der Waals surface area contributed by atoms with E-state index in [1.54, 1.807) is 0 Å². The Bertz CT molecular complexity index is 673. The number of nitrogens with zero attached hydrogens (tertiary/aromatic N) is 3. The van der Waals surface area contributed by atoms with Crippen LogP contribution < -0.4 is 4.74 Å². The average molecular weight is 400 g/mol. The maximum atomic E-state index is 10.4. The van der Waals surface area contributed by atoms with E-state index in [4.69, 9.17) is 4.74 Å². The third-order valence-electron chi connectivity index (χ3n) is 6.67. The number of ether oxygens (including phenoxy) is 1. The molecule has 29 heavy (non-hydrogen) atoms. The van der Waals surface area contributed by atoms with Gasteiger partial charge in [-0.2, -0.15) is 5.26 Å². The van der Waals surface area contributed by atoms with Gasteiger partial charge in [0.2, 0.25) is 0 Å². The van der Waals surface area contributed by atoms with Crippen LogP contribution in [-0.2, 0) is 6.54 Å². The molecular formula is C24H37N3O2. The molecule has 5 heteroatoms. The molecule has 1 aromatic rings. The van der Waals surface area contributed by atoms with Crippen LogP contribution in [0, 0.1) is 16.7 Å². The quantitative estimate of drug-likeness (QED) is 0.720. The number of hydrogen-bond acceptors (Lipinski definition) is 5. The molecule has 1 saturated carbocycles. The van der Waals surface area contributed by atoms with Crippen LogP contribution in [0.3, 0.4) is 0 Å². The van der Waals surface area contributed by atoms with E-state index < -0.39 is 6.10 Å². The summed E-state index contributed by atoms with van der Waals surface area (Å²) in [6.07, 6.45) is 7.84. The lowest BCUT2D eigenvalue weighted by molar-refractivity contribution is 0.0561. The summed E-state index contributed by atoms with van der Waals surface area (Å²) in [6, 6.07) is 11.3. The van der Waals surface area contributed by atoms with Crippen LogP contribution in [0.4, 0.5) is 0 Å². The number of nitriles is 1. The average Bonchev–Trinajstić information content (AvgIpc) is 2.75. The molecule has 0 bridgehead atoms. The van der Waals surface area contributed by atoms with Crippen molar-refractivity contribution in [1.29, 1.82) is 5.26 Å². The number of hydrogen-bond donors (Lipinski definition) is 1. The van der Waals surface area contributed by atoms with Gasteiger partial charge in [-0.3, -0.25) is 4.90 Å². The highest BCUT2D eigenvalue weighted by molar-refractivity contribution is 5.28. The predicted octanol–water partition coefficient (Wildman–Crippen LogP) is 3.82. The van der Waals surface area contributed by atoms with Gasteiger partial charge in [0.05, 0.1) is 11.5 Å². The van der Waals surface area contributed by atoms with E-state index >= 15 is 0 Å². The SMILES string of the molecule is CN(C[C@H](O)COc1cccc(CN2CCC(C)(C#N)CC2)c1)C1CCCCC1. The normalized spacial score (nSPS) is 21.6. The number of aliphatic hydroxyl groups is 1. The lowest BCUT2D eigenvalue weighted by atomic mass is 9.82. The van der Waals surface area contributed by atoms with Crippen molar-refractivity contribution < 1.29 is 9.84 Å². The Labute approximate surface area is 176 Å². The van der Waals surface area contributed by atoms with Crippen LogP contribution in [-0.4, -0.2) is 60.3 Å². The molecule has 5 nitrogen and oxygen atoms in total. The fourth-order valence-electron chi connectivity index (χ4n) is 4.56. The summed E-state index contributed by atoms with van der Waals surface area (Å²) in [5.41, 5.74) is 1.06. The zero-order chi connectivity index (χ0) is 20.7. The highest BCUT2D eigenvalue weighted by Gasteiger charge is 2.29. The second-order valence-corrected chi connectivity index (χ2v) is 9.29. The molecule has 1 N–H and O–H groups in total. The summed E-state index contributed by atoms with van der Waals surface area (Å²) in [6.45, 7) is 5.85. The Morgan fingerprint density at radius 1 is 1.28 bits per heavy atom. The zero-order valence-electron chi connectivity index (χ0n) is 18.1. The first-order valence-electron chi connectivity index (χ1n) is 11.2. The van der Waals surface area contributed by atoms with Crippen LogP contribution in [0.2, 0.25) is 0 Å². The standard InChI is InChI=1S/C24H37N3O2/c1-24(19-25)11-13-27(14-12-24)16-20-7-6-10-23(15-20)29-18-22(28)17-26(2)21-8-4-3-5-9-21/h6-7,10,15,21-22,28H,3-5,8-9,11-14,16-18H2,1-2H3/t22-/m0/s1. The van der Waals surface area contributed by atoms with Crippen molar-refractivity contribution in [3.8, 4) is 11.8 Å². The monoisotopic (exact) mass is 399 g/mol. The molecule has 0 amide bonds. The van der Waals surface area contributed by atoms with E-state index in [1.165, 1.54) is 37.7 Å². The summed E-state index contributed by atoms with van der Waals surface area (Å²) in [5.74, 6) is 0.820. The van der Waals surface area contributed by atoms with Gasteiger partial charge in [-0.05, 0) is 70.4 Å². The minimum absolute atomic E-state index is 0.164. The molecule has 1 aromatic carbocycles. The smallest absolute Gasteiger partial charge is 0.119 e. The second kappa shape index (κ2) is 10.4. The molecular weight excluding hydrogens is 362 g/mol. The van der Waals surface area contributed by atoms with Crippen LogP contribution in [0.15, 0.2) is 24.3 Å². The second-order valence-electron chi connectivity index (χ2n) is 9.29. The Morgan fingerprint density at radius 3 is 2.69 bits per heavy atom. The molecule has 0 aromatic heterocycles. The van der Waals surface area contributed by atoms with E-state index in [0.29, 0.717) is 19.2 Å². The Morgan fingerprint density at radius 2 is 2.00 bits per heavy atom. The minimum Gasteiger partial charge on any atom is -0.491 e. The predicted molar refractivity (Wildman–Crippen MR) is 116 cm³/mol. The van der Waals surface area contributed by atoms with Gasteiger partial charge in [-0.25, -0.2) is 0 Å². The Balaban J connectivity index is 1.43. The van der Waals surface area contributed by atoms with Crippen LogP contribution in [0.1, 0.15) is 57.4 Å². The molecule has 1 heterocycles. The number of piperidine rings is 1. The van der Waals surface area contributed by atoms with E-state index in [0.717, 1.165) is 38.2 Å². The van der Waals surface area contributed by atoms with Gasteiger partial charge in [0, 0.05) is 19.1 Å². The van der Waals surface area contributed by atoms with Crippen LogP contribution >= 0.6 is 0 Å². The van der Waals surface area contributed by atoms with E-state index in [-0.39, 0.29) is 5.41 Å². The number of aliphatic hydroxyl groups excluding tert-OH is 1. The summed E-state index contributed by atoms with van der Waals surface area (Å²) >= 11 is 0. The Kier molecular flexibility index (Phi) is 7.94. The number of likely N-dealkylation sites (N-methyl/N-ethyl adjacent to an activating group) is 1. The number of rotatable bonds is 8. The number of benzene rings is 1. The van der Waals surface area contributed by atoms with Gasteiger partial charge in [-0.1, -0.05) is 31.4 Å². The topological polar surface area (TPSA) is 59.7 Å². The lowest BCUT2D eigenvalue weighted by Crippen LogP contribution is -2.40. The molecule has 0 unspecified atom stereocenters. The molecule has 3 rings (SSSR count). The number of likely N-dealkylation sites (tertiary alicyclic amines) is 1. The first kappa shape index (κ1) is 22.1. The summed E-state index contributed by atoms with van der Waals surface area (Å²) in [4.78, 5) is 4.71. The van der Waals surface area contributed by atoms with E-state index in [9.17, 15) is 10.4 Å². The van der Waals surface area contributed by atoms with Crippen LogP contribution in [0.5, 0.6) is 5.75 Å². The highest BCUT2D eigenvalue weighted by Crippen LogP contribution is 2.30. The summed E-state index contributed by atoms with van der Waals surface area (Å²) < 4.78 is 5.90. The molecule has 1 aliphatic carbocycles. The molecule has 2 fully saturated rings. The van der Waals surface area contributed by atoms with Crippen molar-refractivity contribution in [2.75, 3.05) is 33.3 Å². The van der Waals surface area contributed by atoms with Gasteiger partial charge in [0.15, 0.2) is 0 Å². The molecule has 160 valence electrons. The fraction of sp³-hybridized carbons (Fsp3) is 0.708. The zero-order valence-corrected chi connectivity index (χ0v) is 18.1. The molecule has 0 radical (unpaired) electrons. The van der Waals surface area contributed by atoms with Crippen molar-refractivity contribution in [1.82, 2.24) is 9.80 Å². The Hall–Kier alpha value is -1.61. The lowest BCUT2D eigenvalue weighted by Gasteiger charge is -2.34. The van der Waals surface area contributed by atoms with Crippen molar-refractivity contribution in [2.45, 2.75) is 70.6 Å². The first-order chi connectivity index (χ1) is 14.0. The van der Waals surface area contributed by atoms with Crippen molar-refractivity contribution in [3.63, 3.8) is 0 Å². The van der Waals surface area contributed by atoms with Gasteiger partial charge >= 0.3 is 0 Å². The third-order valence-corrected chi connectivity index (χ3v) is 6.67. The minimum atomic E-state index is -0.476. The maximum absolute atomic E-state index is 10.4. The van der Waals surface area contributed by atoms with E-state index in [1.807, 2.05) is 12.1 Å². The molecule has 0 spiro atoms. The van der Waals surface area contributed by atoms with Crippen molar-refractivity contribution in [2.24, 2.45) is 5.41 Å². The van der Waals surface area contributed by atoms with Gasteiger partial charge in [0.25, 0.3) is 0 Å². The summed E-state index contributed by atoms with van der Waals surface area (Å²) in [5, 5.41) is 19.7. The fourth-order valence-corrected chi connectivity index (χ4v) is 4.56. The first-order valence-corrected chi connectivity index (χ1v) is 11.2. The van der Waals surface area contributed by atoms with Crippen LogP contribution in [0.25, 0.3) is 0 Å². The van der Waals surface area contributed by atoms with Gasteiger partial charge in [0.1, 0.15) is 18.5 Å².